The second-order valence-electron chi connectivity index (χ2n) is 13.2. The van der Waals surface area contributed by atoms with Crippen LogP contribution in [0.1, 0.15) is 25.0 Å². The van der Waals surface area contributed by atoms with Crippen molar-refractivity contribution < 1.29 is 4.42 Å². The van der Waals surface area contributed by atoms with Gasteiger partial charge in [-0.05, 0) is 77.8 Å². The summed E-state index contributed by atoms with van der Waals surface area (Å²) in [4.78, 5) is 0. The van der Waals surface area contributed by atoms with Gasteiger partial charge in [-0.25, -0.2) is 0 Å². The Bertz CT molecular complexity index is 2660. The van der Waals surface area contributed by atoms with Crippen LogP contribution in [0.3, 0.4) is 0 Å². The molecule has 1 aliphatic carbocycles. The van der Waals surface area contributed by atoms with Crippen LogP contribution in [0.4, 0.5) is 0 Å². The van der Waals surface area contributed by atoms with Crippen LogP contribution in [0.5, 0.6) is 0 Å². The van der Waals surface area contributed by atoms with Crippen LogP contribution < -0.4 is 0 Å². The van der Waals surface area contributed by atoms with Crippen molar-refractivity contribution in [2.45, 2.75) is 19.3 Å². The third-order valence-corrected chi connectivity index (χ3v) is 10.4. The highest BCUT2D eigenvalue weighted by molar-refractivity contribution is 6.24. The van der Waals surface area contributed by atoms with Crippen molar-refractivity contribution in [3.8, 4) is 33.4 Å². The molecule has 0 N–H and O–H groups in total. The van der Waals surface area contributed by atoms with Crippen molar-refractivity contribution in [1.29, 1.82) is 0 Å². The maximum atomic E-state index is 6.59. The number of hydrogen-bond donors (Lipinski definition) is 0. The molecule has 0 spiro atoms. The van der Waals surface area contributed by atoms with Gasteiger partial charge >= 0.3 is 0 Å². The molecule has 0 unspecified atom stereocenters. The SMILES string of the molecule is CC1(C)c2cc(-c3c4ccccc4c(-c4cccc5c4oc4ccccc45)c4ccccc34)ccc2-c2ccc3ccccc3c21. The van der Waals surface area contributed by atoms with Crippen molar-refractivity contribution in [2.24, 2.45) is 0 Å². The average molecular weight is 587 g/mol. The summed E-state index contributed by atoms with van der Waals surface area (Å²) >= 11 is 0. The van der Waals surface area contributed by atoms with E-state index in [1.165, 1.54) is 71.3 Å². The van der Waals surface area contributed by atoms with E-state index in [1.54, 1.807) is 0 Å². The molecule has 0 aliphatic heterocycles. The van der Waals surface area contributed by atoms with Gasteiger partial charge in [-0.1, -0.05) is 147 Å². The molecule has 1 nitrogen and oxygen atoms in total. The molecule has 0 radical (unpaired) electrons. The average Bonchev–Trinajstić information content (AvgIpc) is 3.59. The van der Waals surface area contributed by atoms with Crippen molar-refractivity contribution in [1.82, 2.24) is 0 Å². The fraction of sp³-hybridized carbons (Fsp3) is 0.0667. The summed E-state index contributed by atoms with van der Waals surface area (Å²) < 4.78 is 6.59. The fourth-order valence-corrected chi connectivity index (χ4v) is 8.43. The first kappa shape index (κ1) is 25.6. The molecule has 0 saturated heterocycles. The van der Waals surface area contributed by atoms with Crippen molar-refractivity contribution in [2.75, 3.05) is 0 Å². The first-order valence-corrected chi connectivity index (χ1v) is 16.1. The normalized spacial score (nSPS) is 13.6. The summed E-state index contributed by atoms with van der Waals surface area (Å²) in [5, 5.41) is 9.93. The predicted molar refractivity (Wildman–Crippen MR) is 195 cm³/mol. The van der Waals surface area contributed by atoms with Gasteiger partial charge in [0.05, 0.1) is 0 Å². The van der Waals surface area contributed by atoms with Crippen LogP contribution >= 0.6 is 0 Å². The first-order valence-electron chi connectivity index (χ1n) is 16.1. The fourth-order valence-electron chi connectivity index (χ4n) is 8.43. The molecule has 9 aromatic rings. The predicted octanol–water partition coefficient (Wildman–Crippen LogP) is 12.7. The molecule has 1 heteroatoms. The van der Waals surface area contributed by atoms with Crippen LogP contribution in [-0.4, -0.2) is 0 Å². The van der Waals surface area contributed by atoms with E-state index in [0.717, 1.165) is 27.5 Å². The molecule has 0 saturated carbocycles. The van der Waals surface area contributed by atoms with E-state index in [4.69, 9.17) is 4.42 Å². The molecule has 0 amide bonds. The van der Waals surface area contributed by atoms with E-state index < -0.39 is 0 Å². The Morgan fingerprint density at radius 1 is 0.435 bits per heavy atom. The van der Waals surface area contributed by atoms with E-state index in [0.29, 0.717) is 0 Å². The number of rotatable bonds is 2. The van der Waals surface area contributed by atoms with Crippen LogP contribution in [0.2, 0.25) is 0 Å². The van der Waals surface area contributed by atoms with Gasteiger partial charge in [-0.3, -0.25) is 0 Å². The molecule has 0 fully saturated rings. The van der Waals surface area contributed by atoms with Gasteiger partial charge in [0, 0.05) is 27.3 Å². The van der Waals surface area contributed by atoms with E-state index in [2.05, 4.69) is 153 Å². The second kappa shape index (κ2) is 9.19. The monoisotopic (exact) mass is 586 g/mol. The Morgan fingerprint density at radius 3 is 1.76 bits per heavy atom. The van der Waals surface area contributed by atoms with Crippen LogP contribution in [0, 0.1) is 0 Å². The zero-order valence-electron chi connectivity index (χ0n) is 25.8. The topological polar surface area (TPSA) is 13.1 Å². The van der Waals surface area contributed by atoms with Crippen molar-refractivity contribution in [3.05, 3.63) is 157 Å². The minimum atomic E-state index is -0.121. The molecular formula is C45H30O. The lowest BCUT2D eigenvalue weighted by Gasteiger charge is -2.24. The molecule has 0 bridgehead atoms. The molecule has 1 aromatic heterocycles. The van der Waals surface area contributed by atoms with Crippen molar-refractivity contribution >= 4 is 54.3 Å². The maximum Gasteiger partial charge on any atom is 0.143 e. The molecule has 1 heterocycles. The highest BCUT2D eigenvalue weighted by atomic mass is 16.3. The highest BCUT2D eigenvalue weighted by Gasteiger charge is 2.37. The Balaban J connectivity index is 1.27. The van der Waals surface area contributed by atoms with Gasteiger partial charge < -0.3 is 4.42 Å². The lowest BCUT2D eigenvalue weighted by Crippen LogP contribution is -2.15. The summed E-state index contributed by atoms with van der Waals surface area (Å²) in [7, 11) is 0. The lowest BCUT2D eigenvalue weighted by atomic mass is 9.79. The van der Waals surface area contributed by atoms with Crippen LogP contribution in [0.25, 0.3) is 87.6 Å². The van der Waals surface area contributed by atoms with Gasteiger partial charge in [0.1, 0.15) is 11.2 Å². The first-order chi connectivity index (χ1) is 22.6. The Kier molecular flexibility index (Phi) is 5.12. The third kappa shape index (κ3) is 3.35. The van der Waals surface area contributed by atoms with Gasteiger partial charge in [-0.2, -0.15) is 0 Å². The highest BCUT2D eigenvalue weighted by Crippen LogP contribution is 2.53. The Labute approximate surface area is 267 Å². The van der Waals surface area contributed by atoms with Gasteiger partial charge in [0.2, 0.25) is 0 Å². The van der Waals surface area contributed by atoms with E-state index in [1.807, 2.05) is 6.07 Å². The standard InChI is InChI=1S/C45H30O/c1-45(2)39-26-28(23-24-30(39)36-25-22-27-12-3-4-13-29(27)43(36)45)41-32-15-5-7-17-34(32)42(35-18-8-6-16-33(35)41)38-20-11-19-37-31-14-9-10-21-40(31)46-44(37)38/h3-26H,1-2H3. The number of furan rings is 1. The Morgan fingerprint density at radius 2 is 1.02 bits per heavy atom. The van der Waals surface area contributed by atoms with E-state index in [9.17, 15) is 0 Å². The molecule has 8 aromatic carbocycles. The quantitative estimate of drug-likeness (QED) is 0.184. The zero-order chi connectivity index (χ0) is 30.6. The van der Waals surface area contributed by atoms with E-state index >= 15 is 0 Å². The summed E-state index contributed by atoms with van der Waals surface area (Å²) in [6.45, 7) is 4.78. The summed E-state index contributed by atoms with van der Waals surface area (Å²) in [6, 6.07) is 53.3. The molecule has 10 rings (SSSR count). The number of benzene rings is 8. The molecular weight excluding hydrogens is 556 g/mol. The molecule has 0 atom stereocenters. The van der Waals surface area contributed by atoms with E-state index in [-0.39, 0.29) is 5.41 Å². The zero-order valence-corrected chi connectivity index (χ0v) is 25.8. The number of para-hydroxylation sites is 2. The van der Waals surface area contributed by atoms with Crippen molar-refractivity contribution in [3.63, 3.8) is 0 Å². The molecule has 216 valence electrons. The Hall–Kier alpha value is -5.66. The largest absolute Gasteiger partial charge is 0.455 e. The second-order valence-corrected chi connectivity index (χ2v) is 13.2. The minimum Gasteiger partial charge on any atom is -0.455 e. The smallest absolute Gasteiger partial charge is 0.143 e. The summed E-state index contributed by atoms with van der Waals surface area (Å²) in [5.41, 5.74) is 12.2. The van der Waals surface area contributed by atoms with Crippen LogP contribution in [0.15, 0.2) is 150 Å². The number of fused-ring (bicyclic) bond motifs is 10. The maximum absolute atomic E-state index is 6.59. The lowest BCUT2D eigenvalue weighted by molar-refractivity contribution is 0.666. The summed E-state index contributed by atoms with van der Waals surface area (Å²) in [6.07, 6.45) is 0. The minimum absolute atomic E-state index is 0.121. The van der Waals surface area contributed by atoms with Gasteiger partial charge in [0.25, 0.3) is 0 Å². The van der Waals surface area contributed by atoms with Crippen LogP contribution in [-0.2, 0) is 5.41 Å². The van der Waals surface area contributed by atoms with Gasteiger partial charge in [-0.15, -0.1) is 0 Å². The third-order valence-electron chi connectivity index (χ3n) is 10.4. The molecule has 1 aliphatic rings. The molecule has 46 heavy (non-hydrogen) atoms. The van der Waals surface area contributed by atoms with Gasteiger partial charge in [0.15, 0.2) is 0 Å². The number of hydrogen-bond acceptors (Lipinski definition) is 1. The summed E-state index contributed by atoms with van der Waals surface area (Å²) in [5.74, 6) is 0.